The summed E-state index contributed by atoms with van der Waals surface area (Å²) >= 11 is 5.21. The van der Waals surface area contributed by atoms with Gasteiger partial charge in [-0.3, -0.25) is 4.79 Å². The van der Waals surface area contributed by atoms with Gasteiger partial charge in [0.15, 0.2) is 10.9 Å². The molecular formula is C11H18N2OS. The lowest BCUT2D eigenvalue weighted by Crippen LogP contribution is -2.49. The zero-order valence-corrected chi connectivity index (χ0v) is 10.6. The Morgan fingerprint density at radius 1 is 1.60 bits per heavy atom. The van der Waals surface area contributed by atoms with E-state index in [1.54, 1.807) is 6.92 Å². The molecule has 0 spiro atoms. The van der Waals surface area contributed by atoms with Crippen molar-refractivity contribution in [2.75, 3.05) is 7.05 Å². The van der Waals surface area contributed by atoms with Gasteiger partial charge in [-0.15, -0.1) is 0 Å². The number of rotatable bonds is 3. The lowest BCUT2D eigenvalue weighted by atomic mass is 9.95. The van der Waals surface area contributed by atoms with Crippen LogP contribution in [0.2, 0.25) is 0 Å². The molecule has 0 unspecified atom stereocenters. The van der Waals surface area contributed by atoms with Gasteiger partial charge < -0.3 is 10.2 Å². The summed E-state index contributed by atoms with van der Waals surface area (Å²) in [6.45, 7) is 5.67. The number of nitrogens with one attached hydrogen (secondary N) is 1. The SMILES string of the molecule is CCC[C@@H]1NC(=S)N(C)C(C)=C1C(C)=O. The molecule has 0 saturated heterocycles. The minimum atomic E-state index is 0.0937. The molecule has 1 aliphatic heterocycles. The average molecular weight is 226 g/mol. The van der Waals surface area contributed by atoms with Gasteiger partial charge in [-0.2, -0.15) is 0 Å². The first kappa shape index (κ1) is 12.2. The van der Waals surface area contributed by atoms with Crippen molar-refractivity contribution >= 4 is 23.1 Å². The van der Waals surface area contributed by atoms with Crippen molar-refractivity contribution in [1.29, 1.82) is 0 Å². The van der Waals surface area contributed by atoms with E-state index in [2.05, 4.69) is 12.2 Å². The molecule has 0 aromatic carbocycles. The van der Waals surface area contributed by atoms with E-state index in [1.165, 1.54) is 0 Å². The molecule has 1 aliphatic rings. The number of carbonyl (C=O) groups excluding carboxylic acids is 1. The fourth-order valence-corrected chi connectivity index (χ4v) is 2.19. The monoisotopic (exact) mass is 226 g/mol. The van der Waals surface area contributed by atoms with Crippen molar-refractivity contribution in [3.8, 4) is 0 Å². The van der Waals surface area contributed by atoms with Crippen LogP contribution in [0.15, 0.2) is 11.3 Å². The molecule has 0 amide bonds. The number of carbonyl (C=O) groups is 1. The number of ketones is 1. The predicted octanol–water partition coefficient (Wildman–Crippen LogP) is 1.84. The van der Waals surface area contributed by atoms with Crippen molar-refractivity contribution in [3.63, 3.8) is 0 Å². The largest absolute Gasteiger partial charge is 0.355 e. The van der Waals surface area contributed by atoms with Crippen LogP contribution in [-0.2, 0) is 4.79 Å². The minimum absolute atomic E-state index is 0.0937. The standard InChI is InChI=1S/C11H18N2OS/c1-5-6-9-10(8(3)14)7(2)13(4)11(15)12-9/h9H,5-6H2,1-4H3,(H,12,15)/t9-/m0/s1. The van der Waals surface area contributed by atoms with Crippen LogP contribution in [0, 0.1) is 0 Å². The van der Waals surface area contributed by atoms with E-state index in [0.717, 1.165) is 24.1 Å². The van der Waals surface area contributed by atoms with Crippen LogP contribution in [-0.4, -0.2) is 28.9 Å². The first-order valence-corrected chi connectivity index (χ1v) is 5.65. The first-order chi connectivity index (χ1) is 6.99. The van der Waals surface area contributed by atoms with Crippen molar-refractivity contribution in [3.05, 3.63) is 11.3 Å². The molecular weight excluding hydrogens is 208 g/mol. The summed E-state index contributed by atoms with van der Waals surface area (Å²) in [5, 5.41) is 3.91. The number of Topliss-reactive ketones (excluding diaryl/α,β-unsaturated/α-hetero) is 1. The Kier molecular flexibility index (Phi) is 3.85. The number of allylic oxidation sites excluding steroid dienone is 1. The molecule has 0 bridgehead atoms. The second-order valence-corrected chi connectivity index (χ2v) is 4.29. The lowest BCUT2D eigenvalue weighted by molar-refractivity contribution is -0.114. The van der Waals surface area contributed by atoms with E-state index < -0.39 is 0 Å². The third kappa shape index (κ3) is 2.37. The minimum Gasteiger partial charge on any atom is -0.355 e. The highest BCUT2D eigenvalue weighted by molar-refractivity contribution is 7.80. The molecule has 0 fully saturated rings. The van der Waals surface area contributed by atoms with Crippen molar-refractivity contribution < 1.29 is 4.79 Å². The lowest BCUT2D eigenvalue weighted by Gasteiger charge is -2.35. The van der Waals surface area contributed by atoms with Crippen LogP contribution >= 0.6 is 12.2 Å². The van der Waals surface area contributed by atoms with E-state index in [0.29, 0.717) is 5.11 Å². The molecule has 0 saturated carbocycles. The van der Waals surface area contributed by atoms with Crippen molar-refractivity contribution in [1.82, 2.24) is 10.2 Å². The van der Waals surface area contributed by atoms with Crippen LogP contribution in [0.25, 0.3) is 0 Å². The van der Waals surface area contributed by atoms with E-state index >= 15 is 0 Å². The first-order valence-electron chi connectivity index (χ1n) is 5.25. The van der Waals surface area contributed by atoms with Crippen LogP contribution in [0.4, 0.5) is 0 Å². The number of hydrogen-bond donors (Lipinski definition) is 1. The Hall–Kier alpha value is -0.900. The molecule has 1 atom stereocenters. The third-order valence-electron chi connectivity index (χ3n) is 2.80. The smallest absolute Gasteiger partial charge is 0.173 e. The van der Waals surface area contributed by atoms with Gasteiger partial charge in [0.05, 0.1) is 6.04 Å². The highest BCUT2D eigenvalue weighted by Crippen LogP contribution is 2.21. The molecule has 0 aromatic heterocycles. The summed E-state index contributed by atoms with van der Waals surface area (Å²) in [7, 11) is 1.88. The second kappa shape index (κ2) is 4.75. The fraction of sp³-hybridized carbons (Fsp3) is 0.636. The zero-order chi connectivity index (χ0) is 11.6. The topological polar surface area (TPSA) is 32.3 Å². The molecule has 0 aromatic rings. The summed E-state index contributed by atoms with van der Waals surface area (Å²) in [6, 6.07) is 0.0937. The van der Waals surface area contributed by atoms with Gasteiger partial charge in [0.1, 0.15) is 0 Å². The van der Waals surface area contributed by atoms with Crippen molar-refractivity contribution in [2.24, 2.45) is 0 Å². The number of thiocarbonyl (C=S) groups is 1. The Morgan fingerprint density at radius 3 is 2.67 bits per heavy atom. The molecule has 0 aliphatic carbocycles. The Balaban J connectivity index is 3.08. The fourth-order valence-electron chi connectivity index (χ4n) is 1.91. The van der Waals surface area contributed by atoms with Crippen LogP contribution in [0.5, 0.6) is 0 Å². The predicted molar refractivity (Wildman–Crippen MR) is 65.6 cm³/mol. The molecule has 84 valence electrons. The van der Waals surface area contributed by atoms with Gasteiger partial charge in [0.2, 0.25) is 0 Å². The Bertz CT molecular complexity index is 323. The molecule has 1 rings (SSSR count). The van der Waals surface area contributed by atoms with Gasteiger partial charge in [0, 0.05) is 18.3 Å². The normalized spacial score (nSPS) is 21.7. The molecule has 1 N–H and O–H groups in total. The quantitative estimate of drug-likeness (QED) is 0.744. The van der Waals surface area contributed by atoms with Gasteiger partial charge >= 0.3 is 0 Å². The van der Waals surface area contributed by atoms with Crippen LogP contribution < -0.4 is 5.32 Å². The Labute approximate surface area is 96.5 Å². The molecule has 15 heavy (non-hydrogen) atoms. The average Bonchev–Trinajstić information content (AvgIpc) is 2.14. The van der Waals surface area contributed by atoms with E-state index in [4.69, 9.17) is 12.2 Å². The maximum absolute atomic E-state index is 11.6. The highest BCUT2D eigenvalue weighted by Gasteiger charge is 2.28. The van der Waals surface area contributed by atoms with E-state index in [-0.39, 0.29) is 11.8 Å². The third-order valence-corrected chi connectivity index (χ3v) is 3.19. The molecule has 4 heteroatoms. The number of nitrogens with zero attached hydrogens (tertiary/aromatic N) is 1. The molecule has 1 heterocycles. The number of hydrogen-bond acceptors (Lipinski definition) is 2. The van der Waals surface area contributed by atoms with Gasteiger partial charge in [-0.05, 0) is 32.5 Å². The summed E-state index contributed by atoms with van der Waals surface area (Å²) in [4.78, 5) is 13.4. The van der Waals surface area contributed by atoms with Gasteiger partial charge in [0.25, 0.3) is 0 Å². The van der Waals surface area contributed by atoms with Gasteiger partial charge in [-0.25, -0.2) is 0 Å². The zero-order valence-electron chi connectivity index (χ0n) is 9.76. The van der Waals surface area contributed by atoms with Crippen molar-refractivity contribution in [2.45, 2.75) is 39.7 Å². The van der Waals surface area contributed by atoms with Crippen LogP contribution in [0.1, 0.15) is 33.6 Å². The summed E-state index contributed by atoms with van der Waals surface area (Å²) in [6.07, 6.45) is 1.98. The maximum atomic E-state index is 11.6. The van der Waals surface area contributed by atoms with E-state index in [9.17, 15) is 4.79 Å². The summed E-state index contributed by atoms with van der Waals surface area (Å²) in [5.41, 5.74) is 1.85. The van der Waals surface area contributed by atoms with Crippen LogP contribution in [0.3, 0.4) is 0 Å². The van der Waals surface area contributed by atoms with E-state index in [1.807, 2.05) is 18.9 Å². The maximum Gasteiger partial charge on any atom is 0.173 e. The van der Waals surface area contributed by atoms with Gasteiger partial charge in [-0.1, -0.05) is 13.3 Å². The highest BCUT2D eigenvalue weighted by atomic mass is 32.1. The second-order valence-electron chi connectivity index (χ2n) is 3.91. The molecule has 3 nitrogen and oxygen atoms in total. The summed E-state index contributed by atoms with van der Waals surface area (Å²) in [5.74, 6) is 0.132. The molecule has 0 radical (unpaired) electrons. The Morgan fingerprint density at radius 2 is 2.20 bits per heavy atom. The summed E-state index contributed by atoms with van der Waals surface area (Å²) < 4.78 is 0.